The topological polar surface area (TPSA) is 85.2 Å². The van der Waals surface area contributed by atoms with E-state index < -0.39 is 5.97 Å². The average Bonchev–Trinajstić information content (AvgIpc) is 3.05. The number of methoxy groups -OCH3 is 1. The zero-order valence-corrected chi connectivity index (χ0v) is 19.7. The maximum Gasteiger partial charge on any atom is 0.356 e. The van der Waals surface area contributed by atoms with Gasteiger partial charge in [-0.15, -0.1) is 0 Å². The third-order valence-electron chi connectivity index (χ3n) is 5.41. The van der Waals surface area contributed by atoms with Crippen LogP contribution in [0.4, 0.5) is 15.8 Å². The first-order valence-corrected chi connectivity index (χ1v) is 11.1. The maximum atomic E-state index is 14.0. The highest BCUT2D eigenvalue weighted by Gasteiger charge is 2.25. The number of carbonyl (C=O) groups excluding carboxylic acids is 2. The molecule has 1 amide bonds. The maximum absolute atomic E-state index is 14.0. The van der Waals surface area contributed by atoms with E-state index in [1.54, 1.807) is 22.9 Å². The van der Waals surface area contributed by atoms with Crippen molar-refractivity contribution in [3.05, 3.63) is 53.6 Å². The summed E-state index contributed by atoms with van der Waals surface area (Å²) in [5.41, 5.74) is 2.57. The van der Waals surface area contributed by atoms with Gasteiger partial charge in [-0.2, -0.15) is 0 Å². The molecular weight excluding hydrogens is 423 g/mol. The average molecular weight is 455 g/mol. The third-order valence-corrected chi connectivity index (χ3v) is 5.41. The van der Waals surface area contributed by atoms with Crippen molar-refractivity contribution in [1.29, 1.82) is 0 Å². The van der Waals surface area contributed by atoms with Gasteiger partial charge in [-0.1, -0.05) is 32.0 Å². The molecule has 0 aliphatic rings. The number of anilines is 2. The normalized spacial score (nSPS) is 12.1. The van der Waals surface area contributed by atoms with Crippen molar-refractivity contribution in [1.82, 2.24) is 9.55 Å². The van der Waals surface area contributed by atoms with E-state index in [1.165, 1.54) is 20.1 Å². The van der Waals surface area contributed by atoms with E-state index in [9.17, 15) is 14.0 Å². The molecule has 0 fully saturated rings. The van der Waals surface area contributed by atoms with Crippen molar-refractivity contribution in [3.63, 3.8) is 0 Å². The van der Waals surface area contributed by atoms with Crippen molar-refractivity contribution in [3.8, 4) is 0 Å². The second kappa shape index (κ2) is 10.5. The van der Waals surface area contributed by atoms with E-state index in [1.807, 2.05) is 19.1 Å². The Kier molecular flexibility index (Phi) is 7.68. The predicted molar refractivity (Wildman–Crippen MR) is 128 cm³/mol. The highest BCUT2D eigenvalue weighted by Crippen LogP contribution is 2.33. The lowest BCUT2D eigenvalue weighted by Crippen LogP contribution is -2.18. The van der Waals surface area contributed by atoms with Gasteiger partial charge in [0.2, 0.25) is 5.91 Å². The molecule has 7 nitrogen and oxygen atoms in total. The molecule has 2 N–H and O–H groups in total. The second-order valence-electron chi connectivity index (χ2n) is 8.67. The standard InChI is InChI=1S/C25H31FN4O3/c1-15(2)10-11-30-23(25(32)33-5)22(29-17(4)31)20-13-19(14-27-24(20)30)28-16(3)12-18-8-6-7-9-21(18)26/h6-9,13-16,28H,10-12H2,1-5H3,(H,29,31). The van der Waals surface area contributed by atoms with Crippen molar-refractivity contribution < 1.29 is 18.7 Å². The minimum absolute atomic E-state index is 0.0755. The molecule has 0 saturated carbocycles. The Morgan fingerprint density at radius 2 is 1.94 bits per heavy atom. The van der Waals surface area contributed by atoms with Crippen molar-refractivity contribution in [2.24, 2.45) is 5.92 Å². The Morgan fingerprint density at radius 3 is 2.58 bits per heavy atom. The first kappa shape index (κ1) is 24.2. The predicted octanol–water partition coefficient (Wildman–Crippen LogP) is 5.01. The number of pyridine rings is 1. The van der Waals surface area contributed by atoms with Crippen LogP contribution in [-0.4, -0.2) is 34.6 Å². The summed E-state index contributed by atoms with van der Waals surface area (Å²) < 4.78 is 20.9. The summed E-state index contributed by atoms with van der Waals surface area (Å²) in [4.78, 5) is 29.2. The molecule has 3 rings (SSSR count). The molecule has 2 aromatic heterocycles. The van der Waals surface area contributed by atoms with Gasteiger partial charge < -0.3 is 19.9 Å². The fourth-order valence-corrected chi connectivity index (χ4v) is 3.85. The molecule has 0 bridgehead atoms. The molecule has 3 aromatic rings. The summed E-state index contributed by atoms with van der Waals surface area (Å²) in [7, 11) is 1.31. The molecule has 0 spiro atoms. The Labute approximate surface area is 193 Å². The fourth-order valence-electron chi connectivity index (χ4n) is 3.85. The van der Waals surface area contributed by atoms with Crippen molar-refractivity contribution >= 4 is 34.3 Å². The van der Waals surface area contributed by atoms with E-state index in [0.29, 0.717) is 46.9 Å². The number of esters is 1. The monoisotopic (exact) mass is 454 g/mol. The lowest BCUT2D eigenvalue weighted by Gasteiger charge is -2.16. The molecule has 176 valence electrons. The third kappa shape index (κ3) is 5.69. The highest BCUT2D eigenvalue weighted by atomic mass is 19.1. The number of fused-ring (bicyclic) bond motifs is 1. The molecule has 0 radical (unpaired) electrons. The van der Waals surface area contributed by atoms with Gasteiger partial charge in [-0.3, -0.25) is 4.79 Å². The molecule has 0 aliphatic heterocycles. The fraction of sp³-hybridized carbons (Fsp3) is 0.400. The number of nitrogens with zero attached hydrogens (tertiary/aromatic N) is 2. The van der Waals surface area contributed by atoms with Gasteiger partial charge in [0.1, 0.15) is 11.5 Å². The van der Waals surface area contributed by atoms with Crippen LogP contribution in [0, 0.1) is 11.7 Å². The minimum Gasteiger partial charge on any atom is -0.464 e. The SMILES string of the molecule is COC(=O)c1c(NC(C)=O)c2cc(NC(C)Cc3ccccc3F)cnc2n1CCC(C)C. The van der Waals surface area contributed by atoms with Crippen molar-refractivity contribution in [2.75, 3.05) is 17.7 Å². The van der Waals surface area contributed by atoms with Crippen LogP contribution in [0.5, 0.6) is 0 Å². The first-order valence-electron chi connectivity index (χ1n) is 11.1. The minimum atomic E-state index is -0.539. The summed E-state index contributed by atoms with van der Waals surface area (Å²) in [5.74, 6) is -0.660. The van der Waals surface area contributed by atoms with Crippen LogP contribution in [0.15, 0.2) is 36.5 Å². The van der Waals surface area contributed by atoms with E-state index in [0.717, 1.165) is 6.42 Å². The van der Waals surface area contributed by atoms with Crippen LogP contribution >= 0.6 is 0 Å². The van der Waals surface area contributed by atoms with Gasteiger partial charge in [0.25, 0.3) is 0 Å². The van der Waals surface area contributed by atoms with Gasteiger partial charge >= 0.3 is 5.97 Å². The lowest BCUT2D eigenvalue weighted by atomic mass is 10.1. The number of aromatic nitrogens is 2. The molecule has 1 unspecified atom stereocenters. The van der Waals surface area contributed by atoms with E-state index in [-0.39, 0.29) is 23.5 Å². The van der Waals surface area contributed by atoms with Crippen LogP contribution in [0.25, 0.3) is 11.0 Å². The van der Waals surface area contributed by atoms with Crippen LogP contribution in [0.3, 0.4) is 0 Å². The number of carbonyl (C=O) groups is 2. The van der Waals surface area contributed by atoms with Gasteiger partial charge in [0.15, 0.2) is 5.69 Å². The van der Waals surface area contributed by atoms with E-state index in [2.05, 4.69) is 29.5 Å². The van der Waals surface area contributed by atoms with E-state index >= 15 is 0 Å². The number of ether oxygens (including phenoxy) is 1. The van der Waals surface area contributed by atoms with Crippen LogP contribution in [-0.2, 0) is 22.5 Å². The van der Waals surface area contributed by atoms with Crippen LogP contribution < -0.4 is 10.6 Å². The summed E-state index contributed by atoms with van der Waals surface area (Å²) in [6.45, 7) is 8.11. The van der Waals surface area contributed by atoms with Crippen LogP contribution in [0.2, 0.25) is 0 Å². The van der Waals surface area contributed by atoms with Gasteiger partial charge in [0.05, 0.1) is 24.7 Å². The smallest absolute Gasteiger partial charge is 0.356 e. The van der Waals surface area contributed by atoms with Gasteiger partial charge in [-0.05, 0) is 43.4 Å². The number of benzene rings is 1. The molecule has 0 saturated heterocycles. The number of aryl methyl sites for hydroxylation is 1. The lowest BCUT2D eigenvalue weighted by molar-refractivity contribution is -0.114. The molecule has 0 aliphatic carbocycles. The number of amides is 1. The summed E-state index contributed by atoms with van der Waals surface area (Å²) in [6.07, 6.45) is 3.01. The number of nitrogens with one attached hydrogen (secondary N) is 2. The molecular formula is C25H31FN4O3. The number of rotatable bonds is 9. The molecule has 8 heteroatoms. The number of halogens is 1. The van der Waals surface area contributed by atoms with E-state index in [4.69, 9.17) is 4.74 Å². The number of hydrogen-bond donors (Lipinski definition) is 2. The quantitative estimate of drug-likeness (QED) is 0.444. The largest absolute Gasteiger partial charge is 0.464 e. The summed E-state index contributed by atoms with van der Waals surface area (Å²) in [5, 5.41) is 6.77. The zero-order chi connectivity index (χ0) is 24.1. The van der Waals surface area contributed by atoms with Crippen molar-refractivity contribution in [2.45, 2.75) is 53.1 Å². The Balaban J connectivity index is 2.01. The Morgan fingerprint density at radius 1 is 1.21 bits per heavy atom. The van der Waals surface area contributed by atoms with Gasteiger partial charge in [0, 0.05) is 24.9 Å². The van der Waals surface area contributed by atoms with Crippen LogP contribution in [0.1, 0.15) is 50.2 Å². The molecule has 33 heavy (non-hydrogen) atoms. The molecule has 1 atom stereocenters. The molecule has 2 heterocycles. The summed E-state index contributed by atoms with van der Waals surface area (Å²) >= 11 is 0. The zero-order valence-electron chi connectivity index (χ0n) is 19.7. The highest BCUT2D eigenvalue weighted by molar-refractivity contribution is 6.10. The Hall–Kier alpha value is -3.42. The summed E-state index contributed by atoms with van der Waals surface area (Å²) in [6, 6.07) is 8.47. The second-order valence-corrected chi connectivity index (χ2v) is 8.67. The first-order chi connectivity index (χ1) is 15.7. The van der Waals surface area contributed by atoms with Gasteiger partial charge in [-0.25, -0.2) is 14.2 Å². The number of hydrogen-bond acceptors (Lipinski definition) is 5. The molecule has 1 aromatic carbocycles. The Bertz CT molecular complexity index is 1160.